The third-order valence-corrected chi connectivity index (χ3v) is 4.28. The van der Waals surface area contributed by atoms with Gasteiger partial charge in [-0.15, -0.1) is 0 Å². The lowest BCUT2D eigenvalue weighted by molar-refractivity contribution is -0.126. The van der Waals surface area contributed by atoms with Crippen LogP contribution in [0, 0.1) is 5.41 Å². The first-order valence-electron chi connectivity index (χ1n) is 9.40. The van der Waals surface area contributed by atoms with E-state index in [-0.39, 0.29) is 11.7 Å². The molecule has 0 spiro atoms. The molecule has 136 valence electrons. The first kappa shape index (κ1) is 19.2. The Hall–Kier alpha value is -1.09. The van der Waals surface area contributed by atoms with Gasteiger partial charge in [0.15, 0.2) is 0 Å². The lowest BCUT2D eigenvalue weighted by Gasteiger charge is -2.39. The van der Waals surface area contributed by atoms with Crippen LogP contribution in [0.5, 0.6) is 5.75 Å². The number of aryl methyl sites for hydroxylation is 1. The summed E-state index contributed by atoms with van der Waals surface area (Å²) in [4.78, 5) is 4.55. The Kier molecular flexibility index (Phi) is 6.30. The van der Waals surface area contributed by atoms with Gasteiger partial charge in [-0.2, -0.15) is 0 Å². The van der Waals surface area contributed by atoms with Crippen LogP contribution >= 0.6 is 0 Å². The molecule has 0 N–H and O–H groups in total. The van der Waals surface area contributed by atoms with Crippen LogP contribution in [0.3, 0.4) is 0 Å². The standard InChI is InChI=1S/C21H35NO2/c1-20(2,3)12-8-7-9-16-10-11-17(15-22-16)23-18-13-19(14-18)24-21(4,5)6/h10-11,15,18-19H,7-9,12-14H2,1-6H3. The molecule has 0 saturated heterocycles. The average molecular weight is 334 g/mol. The zero-order valence-corrected chi connectivity index (χ0v) is 16.4. The van der Waals surface area contributed by atoms with Crippen LogP contribution in [-0.4, -0.2) is 22.8 Å². The Morgan fingerprint density at radius 2 is 1.71 bits per heavy atom. The quantitative estimate of drug-likeness (QED) is 0.612. The number of ether oxygens (including phenoxy) is 2. The van der Waals surface area contributed by atoms with E-state index < -0.39 is 0 Å². The number of unbranched alkanes of at least 4 members (excludes halogenated alkanes) is 1. The van der Waals surface area contributed by atoms with Crippen molar-refractivity contribution in [3.05, 3.63) is 24.0 Å². The second-order valence-corrected chi connectivity index (χ2v) is 9.32. The van der Waals surface area contributed by atoms with Crippen molar-refractivity contribution in [3.63, 3.8) is 0 Å². The number of aromatic nitrogens is 1. The lowest BCUT2D eigenvalue weighted by atomic mass is 9.89. The fraction of sp³-hybridized carbons (Fsp3) is 0.762. The van der Waals surface area contributed by atoms with Crippen molar-refractivity contribution in [3.8, 4) is 5.75 Å². The Balaban J connectivity index is 1.66. The summed E-state index contributed by atoms with van der Waals surface area (Å²) in [5, 5.41) is 0. The van der Waals surface area contributed by atoms with E-state index in [0.29, 0.717) is 11.5 Å². The predicted molar refractivity (Wildman–Crippen MR) is 99.5 cm³/mol. The van der Waals surface area contributed by atoms with Crippen LogP contribution in [0.2, 0.25) is 0 Å². The Morgan fingerprint density at radius 3 is 2.25 bits per heavy atom. The highest BCUT2D eigenvalue weighted by molar-refractivity contribution is 5.20. The van der Waals surface area contributed by atoms with Gasteiger partial charge in [-0.1, -0.05) is 27.2 Å². The van der Waals surface area contributed by atoms with Crippen molar-refractivity contribution >= 4 is 0 Å². The Morgan fingerprint density at radius 1 is 1.00 bits per heavy atom. The molecule has 0 radical (unpaired) electrons. The molecule has 1 heterocycles. The summed E-state index contributed by atoms with van der Waals surface area (Å²) in [6.45, 7) is 13.2. The largest absolute Gasteiger partial charge is 0.489 e. The summed E-state index contributed by atoms with van der Waals surface area (Å²) in [5.74, 6) is 0.882. The van der Waals surface area contributed by atoms with E-state index >= 15 is 0 Å². The molecule has 3 nitrogen and oxygen atoms in total. The van der Waals surface area contributed by atoms with Crippen LogP contribution in [0.15, 0.2) is 18.3 Å². The lowest BCUT2D eigenvalue weighted by Crippen LogP contribution is -2.43. The molecular formula is C21H35NO2. The van der Waals surface area contributed by atoms with Gasteiger partial charge in [-0.25, -0.2) is 0 Å². The summed E-state index contributed by atoms with van der Waals surface area (Å²) in [6, 6.07) is 4.16. The van der Waals surface area contributed by atoms with Crippen LogP contribution in [-0.2, 0) is 11.2 Å². The molecule has 0 aromatic carbocycles. The molecular weight excluding hydrogens is 298 g/mol. The molecule has 1 aliphatic carbocycles. The second kappa shape index (κ2) is 7.86. The maximum absolute atomic E-state index is 5.98. The monoisotopic (exact) mass is 333 g/mol. The van der Waals surface area contributed by atoms with Gasteiger partial charge in [0.25, 0.3) is 0 Å². The van der Waals surface area contributed by atoms with Gasteiger partial charge in [-0.05, 0) is 57.6 Å². The highest BCUT2D eigenvalue weighted by atomic mass is 16.5. The fourth-order valence-electron chi connectivity index (χ4n) is 2.99. The number of hydrogen-bond acceptors (Lipinski definition) is 3. The smallest absolute Gasteiger partial charge is 0.138 e. The highest BCUT2D eigenvalue weighted by Crippen LogP contribution is 2.31. The van der Waals surface area contributed by atoms with Crippen LogP contribution < -0.4 is 4.74 Å². The number of rotatable bonds is 7. The first-order chi connectivity index (χ1) is 11.1. The van der Waals surface area contributed by atoms with E-state index in [1.165, 1.54) is 25.0 Å². The molecule has 0 bridgehead atoms. The summed E-state index contributed by atoms with van der Waals surface area (Å²) < 4.78 is 11.9. The van der Waals surface area contributed by atoms with Crippen molar-refractivity contribution in [1.82, 2.24) is 4.98 Å². The van der Waals surface area contributed by atoms with E-state index in [4.69, 9.17) is 9.47 Å². The van der Waals surface area contributed by atoms with E-state index in [9.17, 15) is 0 Å². The minimum absolute atomic E-state index is 0.0637. The van der Waals surface area contributed by atoms with Crippen LogP contribution in [0.25, 0.3) is 0 Å². The van der Waals surface area contributed by atoms with Crippen molar-refractivity contribution in [2.45, 2.75) is 97.9 Å². The van der Waals surface area contributed by atoms with Gasteiger partial charge in [0, 0.05) is 18.5 Å². The van der Waals surface area contributed by atoms with Gasteiger partial charge in [0.1, 0.15) is 11.9 Å². The van der Waals surface area contributed by atoms with Crippen molar-refractivity contribution < 1.29 is 9.47 Å². The Labute approximate surface area is 148 Å². The molecule has 1 saturated carbocycles. The predicted octanol–water partition coefficient (Wildman–Crippen LogP) is 5.57. The van der Waals surface area contributed by atoms with E-state index in [2.05, 4.69) is 58.7 Å². The zero-order valence-electron chi connectivity index (χ0n) is 16.4. The van der Waals surface area contributed by atoms with Crippen LogP contribution in [0.1, 0.15) is 79.3 Å². The molecule has 1 aromatic rings. The number of nitrogens with zero attached hydrogens (tertiary/aromatic N) is 1. The highest BCUT2D eigenvalue weighted by Gasteiger charge is 2.34. The minimum atomic E-state index is -0.0637. The maximum Gasteiger partial charge on any atom is 0.138 e. The normalized spacial score (nSPS) is 21.4. The third-order valence-electron chi connectivity index (χ3n) is 4.28. The van der Waals surface area contributed by atoms with Crippen molar-refractivity contribution in [2.75, 3.05) is 0 Å². The SMILES string of the molecule is CC(C)(C)CCCCc1ccc(OC2CC(OC(C)(C)C)C2)cn1. The number of pyridine rings is 1. The van der Waals surface area contributed by atoms with Gasteiger partial charge in [0.05, 0.1) is 17.9 Å². The maximum atomic E-state index is 5.98. The summed E-state index contributed by atoms with van der Waals surface area (Å²) in [5.41, 5.74) is 1.53. The molecule has 0 atom stereocenters. The Bertz CT molecular complexity index is 490. The molecule has 0 amide bonds. The molecule has 24 heavy (non-hydrogen) atoms. The number of hydrogen-bond donors (Lipinski definition) is 0. The van der Waals surface area contributed by atoms with Gasteiger partial charge >= 0.3 is 0 Å². The summed E-state index contributed by atoms with van der Waals surface area (Å²) >= 11 is 0. The average Bonchev–Trinajstić information content (AvgIpc) is 2.40. The molecule has 1 fully saturated rings. The van der Waals surface area contributed by atoms with Crippen molar-refractivity contribution in [2.24, 2.45) is 5.41 Å². The molecule has 1 aromatic heterocycles. The van der Waals surface area contributed by atoms with E-state index in [1.54, 1.807) is 0 Å². The molecule has 0 unspecified atom stereocenters. The molecule has 2 rings (SSSR count). The zero-order chi connectivity index (χ0) is 17.8. The first-order valence-corrected chi connectivity index (χ1v) is 9.40. The van der Waals surface area contributed by atoms with Gasteiger partial charge in [-0.3, -0.25) is 4.98 Å². The van der Waals surface area contributed by atoms with E-state index in [1.807, 2.05) is 6.20 Å². The topological polar surface area (TPSA) is 31.4 Å². The van der Waals surface area contributed by atoms with Gasteiger partial charge < -0.3 is 9.47 Å². The second-order valence-electron chi connectivity index (χ2n) is 9.32. The third kappa shape index (κ3) is 7.21. The molecule has 1 aliphatic rings. The fourth-order valence-corrected chi connectivity index (χ4v) is 2.99. The minimum Gasteiger partial charge on any atom is -0.489 e. The summed E-state index contributed by atoms with van der Waals surface area (Å²) in [6.07, 6.45) is 9.24. The molecule has 3 heteroatoms. The summed E-state index contributed by atoms with van der Waals surface area (Å²) in [7, 11) is 0. The van der Waals surface area contributed by atoms with Crippen LogP contribution in [0.4, 0.5) is 0 Å². The van der Waals surface area contributed by atoms with Gasteiger partial charge in [0.2, 0.25) is 0 Å². The van der Waals surface area contributed by atoms with E-state index in [0.717, 1.165) is 25.0 Å². The van der Waals surface area contributed by atoms with Crippen molar-refractivity contribution in [1.29, 1.82) is 0 Å². The molecule has 0 aliphatic heterocycles.